The Bertz CT molecular complexity index is 793. The molecule has 0 fully saturated rings. The number of aryl methyl sites for hydroxylation is 1. The topological polar surface area (TPSA) is 81.2 Å². The number of furan rings is 1. The number of benzene rings is 1. The third-order valence-corrected chi connectivity index (χ3v) is 3.12. The first-order valence-electron chi connectivity index (χ1n) is 6.15. The molecule has 0 atom stereocenters. The van der Waals surface area contributed by atoms with Gasteiger partial charge in [-0.2, -0.15) is 0 Å². The van der Waals surface area contributed by atoms with Crippen molar-refractivity contribution in [3.05, 3.63) is 54.1 Å². The maximum absolute atomic E-state index is 12.2. The Morgan fingerprint density at radius 2 is 2.15 bits per heavy atom. The molecule has 3 aromatic rings. The van der Waals surface area contributed by atoms with Crippen molar-refractivity contribution in [1.82, 2.24) is 4.98 Å². The molecule has 3 rings (SSSR count). The van der Waals surface area contributed by atoms with Crippen molar-refractivity contribution >= 4 is 28.2 Å². The van der Waals surface area contributed by atoms with Gasteiger partial charge in [0.05, 0.1) is 23.2 Å². The van der Waals surface area contributed by atoms with Crippen molar-refractivity contribution in [3.8, 4) is 0 Å². The first kappa shape index (κ1) is 12.2. The predicted molar refractivity (Wildman–Crippen MR) is 77.6 cm³/mol. The Balaban J connectivity index is 2.02. The zero-order valence-corrected chi connectivity index (χ0v) is 10.9. The van der Waals surface area contributed by atoms with E-state index in [2.05, 4.69) is 10.3 Å². The van der Waals surface area contributed by atoms with Crippen LogP contribution in [0.15, 0.2) is 47.2 Å². The van der Waals surface area contributed by atoms with E-state index < -0.39 is 0 Å². The molecule has 0 spiro atoms. The number of rotatable bonds is 2. The van der Waals surface area contributed by atoms with Gasteiger partial charge in [-0.3, -0.25) is 9.78 Å². The second-order valence-corrected chi connectivity index (χ2v) is 4.49. The first-order chi connectivity index (χ1) is 9.66. The second kappa shape index (κ2) is 4.70. The molecular weight excluding hydrogens is 254 g/mol. The van der Waals surface area contributed by atoms with Crippen LogP contribution in [0.3, 0.4) is 0 Å². The van der Waals surface area contributed by atoms with Gasteiger partial charge in [-0.05, 0) is 37.3 Å². The number of anilines is 2. The summed E-state index contributed by atoms with van der Waals surface area (Å²) in [6.07, 6.45) is 3.16. The van der Waals surface area contributed by atoms with Gasteiger partial charge in [0, 0.05) is 17.1 Å². The lowest BCUT2D eigenvalue weighted by Crippen LogP contribution is -2.12. The van der Waals surface area contributed by atoms with Gasteiger partial charge in [0.2, 0.25) is 0 Å². The standard InChI is InChI=1S/C15H13N3O2/c1-9-6-8-20-14(9)15(19)18-12-5-4-11(16)13-10(12)3-2-7-17-13/h2-8H,16H2,1H3,(H,18,19). The number of nitrogens with zero attached hydrogens (tertiary/aromatic N) is 1. The average Bonchev–Trinajstić information content (AvgIpc) is 2.88. The van der Waals surface area contributed by atoms with E-state index in [0.717, 1.165) is 10.9 Å². The maximum Gasteiger partial charge on any atom is 0.291 e. The van der Waals surface area contributed by atoms with E-state index in [4.69, 9.17) is 10.2 Å². The molecule has 0 aliphatic heterocycles. The van der Waals surface area contributed by atoms with Crippen LogP contribution >= 0.6 is 0 Å². The Hall–Kier alpha value is -2.82. The van der Waals surface area contributed by atoms with Gasteiger partial charge in [0.25, 0.3) is 5.91 Å². The summed E-state index contributed by atoms with van der Waals surface area (Å²) in [5.74, 6) is 0.0151. The highest BCUT2D eigenvalue weighted by Crippen LogP contribution is 2.27. The molecule has 0 saturated heterocycles. The number of pyridine rings is 1. The first-order valence-corrected chi connectivity index (χ1v) is 6.15. The third kappa shape index (κ3) is 1.99. The van der Waals surface area contributed by atoms with E-state index in [9.17, 15) is 4.79 Å². The number of nitrogens with two attached hydrogens (primary N) is 1. The summed E-state index contributed by atoms with van der Waals surface area (Å²) in [6.45, 7) is 1.82. The quantitative estimate of drug-likeness (QED) is 0.699. The van der Waals surface area contributed by atoms with E-state index in [1.165, 1.54) is 6.26 Å². The molecular formula is C15H13N3O2. The van der Waals surface area contributed by atoms with E-state index in [0.29, 0.717) is 22.7 Å². The van der Waals surface area contributed by atoms with Crippen LogP contribution in [-0.2, 0) is 0 Å². The van der Waals surface area contributed by atoms with E-state index in [1.54, 1.807) is 30.5 Å². The van der Waals surface area contributed by atoms with Crippen molar-refractivity contribution in [3.63, 3.8) is 0 Å². The Kier molecular flexibility index (Phi) is 2.87. The van der Waals surface area contributed by atoms with Crippen LogP contribution in [0.5, 0.6) is 0 Å². The summed E-state index contributed by atoms with van der Waals surface area (Å²) < 4.78 is 5.18. The summed E-state index contributed by atoms with van der Waals surface area (Å²) in [5, 5.41) is 3.62. The fraction of sp³-hybridized carbons (Fsp3) is 0.0667. The molecule has 20 heavy (non-hydrogen) atoms. The maximum atomic E-state index is 12.2. The minimum Gasteiger partial charge on any atom is -0.459 e. The lowest BCUT2D eigenvalue weighted by atomic mass is 10.1. The molecule has 2 aromatic heterocycles. The molecule has 0 saturated carbocycles. The van der Waals surface area contributed by atoms with Crippen molar-refractivity contribution in [2.75, 3.05) is 11.1 Å². The summed E-state index contributed by atoms with van der Waals surface area (Å²) in [4.78, 5) is 16.4. The molecule has 3 N–H and O–H groups in total. The Morgan fingerprint density at radius 1 is 1.30 bits per heavy atom. The summed E-state index contributed by atoms with van der Waals surface area (Å²) in [6, 6.07) is 8.89. The largest absolute Gasteiger partial charge is 0.459 e. The number of carbonyl (C=O) groups excluding carboxylic acids is 1. The van der Waals surface area contributed by atoms with Gasteiger partial charge in [0.15, 0.2) is 5.76 Å². The summed E-state index contributed by atoms with van der Waals surface area (Å²) in [7, 11) is 0. The Labute approximate surface area is 115 Å². The van der Waals surface area contributed by atoms with Crippen LogP contribution < -0.4 is 11.1 Å². The second-order valence-electron chi connectivity index (χ2n) is 4.49. The van der Waals surface area contributed by atoms with Gasteiger partial charge in [-0.15, -0.1) is 0 Å². The molecule has 5 nitrogen and oxygen atoms in total. The number of amides is 1. The zero-order chi connectivity index (χ0) is 14.1. The lowest BCUT2D eigenvalue weighted by molar-refractivity contribution is 0.0996. The molecule has 100 valence electrons. The van der Waals surface area contributed by atoms with Crippen LogP contribution in [0.25, 0.3) is 10.9 Å². The summed E-state index contributed by atoms with van der Waals surface area (Å²) >= 11 is 0. The number of hydrogen-bond acceptors (Lipinski definition) is 4. The van der Waals surface area contributed by atoms with E-state index >= 15 is 0 Å². The van der Waals surface area contributed by atoms with E-state index in [-0.39, 0.29) is 5.91 Å². The van der Waals surface area contributed by atoms with Crippen molar-refractivity contribution in [2.45, 2.75) is 6.92 Å². The molecule has 0 aliphatic carbocycles. The normalized spacial score (nSPS) is 10.7. The SMILES string of the molecule is Cc1ccoc1C(=O)Nc1ccc(N)c2ncccc12. The van der Waals surface area contributed by atoms with Crippen LogP contribution in [0.1, 0.15) is 16.1 Å². The number of carbonyl (C=O) groups is 1. The van der Waals surface area contributed by atoms with Crippen molar-refractivity contribution in [1.29, 1.82) is 0 Å². The van der Waals surface area contributed by atoms with Crippen molar-refractivity contribution < 1.29 is 9.21 Å². The Morgan fingerprint density at radius 3 is 2.90 bits per heavy atom. The molecule has 2 heterocycles. The number of hydrogen-bond donors (Lipinski definition) is 2. The number of nitrogens with one attached hydrogen (secondary N) is 1. The number of aromatic nitrogens is 1. The molecule has 1 amide bonds. The van der Waals surface area contributed by atoms with Crippen molar-refractivity contribution in [2.24, 2.45) is 0 Å². The predicted octanol–water partition coefficient (Wildman–Crippen LogP) is 2.97. The van der Waals surface area contributed by atoms with Gasteiger partial charge in [-0.25, -0.2) is 0 Å². The number of fused-ring (bicyclic) bond motifs is 1. The average molecular weight is 267 g/mol. The monoisotopic (exact) mass is 267 g/mol. The highest BCUT2D eigenvalue weighted by molar-refractivity contribution is 6.09. The fourth-order valence-corrected chi connectivity index (χ4v) is 2.09. The number of nitrogen functional groups attached to an aromatic ring is 1. The van der Waals surface area contributed by atoms with Crippen LogP contribution in [-0.4, -0.2) is 10.9 Å². The van der Waals surface area contributed by atoms with Gasteiger partial charge in [-0.1, -0.05) is 0 Å². The van der Waals surface area contributed by atoms with Gasteiger partial charge in [0.1, 0.15) is 0 Å². The van der Waals surface area contributed by atoms with Crippen LogP contribution in [0, 0.1) is 6.92 Å². The molecule has 1 aromatic carbocycles. The molecule has 0 radical (unpaired) electrons. The molecule has 0 aliphatic rings. The lowest BCUT2D eigenvalue weighted by Gasteiger charge is -2.09. The smallest absolute Gasteiger partial charge is 0.291 e. The molecule has 0 unspecified atom stereocenters. The van der Waals surface area contributed by atoms with Crippen LogP contribution in [0.2, 0.25) is 0 Å². The molecule has 5 heteroatoms. The van der Waals surface area contributed by atoms with Gasteiger partial charge >= 0.3 is 0 Å². The minimum atomic E-state index is -0.289. The van der Waals surface area contributed by atoms with E-state index in [1.807, 2.05) is 13.0 Å². The third-order valence-electron chi connectivity index (χ3n) is 3.12. The highest BCUT2D eigenvalue weighted by Gasteiger charge is 2.14. The fourth-order valence-electron chi connectivity index (χ4n) is 2.09. The van der Waals surface area contributed by atoms with Crippen LogP contribution in [0.4, 0.5) is 11.4 Å². The summed E-state index contributed by atoms with van der Waals surface area (Å²) in [5.41, 5.74) is 8.57. The van der Waals surface area contributed by atoms with Gasteiger partial charge < -0.3 is 15.5 Å². The zero-order valence-electron chi connectivity index (χ0n) is 10.9. The minimum absolute atomic E-state index is 0.289. The highest BCUT2D eigenvalue weighted by atomic mass is 16.3. The molecule has 0 bridgehead atoms.